The summed E-state index contributed by atoms with van der Waals surface area (Å²) in [6.07, 6.45) is 1.71. The normalized spacial score (nSPS) is 14.6. The average molecular weight is 880 g/mol. The molecule has 0 bridgehead atoms. The summed E-state index contributed by atoms with van der Waals surface area (Å²) in [6, 6.07) is 6.65. The van der Waals surface area contributed by atoms with Crippen molar-refractivity contribution in [2.24, 2.45) is 17.6 Å². The van der Waals surface area contributed by atoms with Crippen LogP contribution in [0.15, 0.2) is 60.8 Å². The van der Waals surface area contributed by atoms with E-state index in [-0.39, 0.29) is 37.5 Å². The summed E-state index contributed by atoms with van der Waals surface area (Å²) in [7, 11) is 0. The molecule has 1 heterocycles. The van der Waals surface area contributed by atoms with E-state index >= 15 is 0 Å². The lowest BCUT2D eigenvalue weighted by Gasteiger charge is -2.26. The van der Waals surface area contributed by atoms with Crippen LogP contribution in [0.5, 0.6) is 0 Å². The summed E-state index contributed by atoms with van der Waals surface area (Å²) in [5.74, 6) is -7.37. The molecule has 0 saturated heterocycles. The lowest BCUT2D eigenvalue weighted by Crippen LogP contribution is -2.60. The third kappa shape index (κ3) is 16.4. The lowest BCUT2D eigenvalue weighted by atomic mass is 10.0. The third-order valence-corrected chi connectivity index (χ3v) is 9.80. The zero-order valence-corrected chi connectivity index (χ0v) is 36.1. The molecule has 0 aliphatic rings. The highest BCUT2D eigenvalue weighted by molar-refractivity contribution is 5.97. The van der Waals surface area contributed by atoms with Crippen molar-refractivity contribution in [1.29, 1.82) is 0 Å². The Labute approximate surface area is 365 Å². The minimum absolute atomic E-state index is 0.0369. The van der Waals surface area contributed by atoms with Crippen molar-refractivity contribution < 1.29 is 53.7 Å². The molecule has 0 radical (unpaired) electrons. The van der Waals surface area contributed by atoms with Gasteiger partial charge in [0.2, 0.25) is 41.4 Å². The Morgan fingerprint density at radius 3 is 1.60 bits per heavy atom. The van der Waals surface area contributed by atoms with Crippen molar-refractivity contribution in [3.63, 3.8) is 0 Å². The van der Waals surface area contributed by atoms with Crippen LogP contribution in [0.2, 0.25) is 0 Å². The Morgan fingerprint density at radius 1 is 0.571 bits per heavy atom. The number of carbonyl (C=O) groups excluding carboxylic acids is 7. The molecule has 0 saturated carbocycles. The molecule has 7 atom stereocenters. The second-order valence-electron chi connectivity index (χ2n) is 16.1. The largest absolute Gasteiger partial charge is 0.480 e. The van der Waals surface area contributed by atoms with E-state index < -0.39 is 109 Å². The Kier molecular flexibility index (Phi) is 20.2. The Bertz CT molecular complexity index is 2040. The van der Waals surface area contributed by atoms with Gasteiger partial charge in [0.25, 0.3) is 0 Å². The van der Waals surface area contributed by atoms with E-state index in [1.807, 2.05) is 18.2 Å². The number of rotatable bonds is 25. The first-order chi connectivity index (χ1) is 29.8. The van der Waals surface area contributed by atoms with Crippen LogP contribution >= 0.6 is 0 Å². The summed E-state index contributed by atoms with van der Waals surface area (Å²) in [4.78, 5) is 108. The van der Waals surface area contributed by atoms with Gasteiger partial charge in [-0.1, -0.05) is 76.2 Å². The maximum Gasteiger partial charge on any atom is 0.326 e. The smallest absolute Gasteiger partial charge is 0.326 e. The number of carboxylic acids is 1. The number of aliphatic hydroxyl groups excluding tert-OH is 2. The van der Waals surface area contributed by atoms with E-state index in [2.05, 4.69) is 42.2 Å². The minimum Gasteiger partial charge on any atom is -0.480 e. The number of hydrogen-bond acceptors (Lipinski definition) is 11. The number of aliphatic carboxylic acids is 1. The monoisotopic (exact) mass is 879 g/mol. The molecule has 0 aliphatic heterocycles. The molecule has 2 aromatic carbocycles. The van der Waals surface area contributed by atoms with Gasteiger partial charge >= 0.3 is 5.97 Å². The summed E-state index contributed by atoms with van der Waals surface area (Å²) >= 11 is 0. The van der Waals surface area contributed by atoms with E-state index in [1.54, 1.807) is 70.3 Å². The van der Waals surface area contributed by atoms with Crippen molar-refractivity contribution in [3.8, 4) is 0 Å². The second kappa shape index (κ2) is 24.9. The van der Waals surface area contributed by atoms with Crippen LogP contribution in [-0.4, -0.2) is 130 Å². The number of benzene rings is 2. The third-order valence-electron chi connectivity index (χ3n) is 9.80. The summed E-state index contributed by atoms with van der Waals surface area (Å²) < 4.78 is 0. The van der Waals surface area contributed by atoms with Gasteiger partial charge in [-0.2, -0.15) is 0 Å². The second-order valence-corrected chi connectivity index (χ2v) is 16.1. The summed E-state index contributed by atoms with van der Waals surface area (Å²) in [5.41, 5.74) is 7.59. The molecule has 20 nitrogen and oxygen atoms in total. The van der Waals surface area contributed by atoms with Crippen molar-refractivity contribution in [2.75, 3.05) is 19.8 Å². The maximum atomic E-state index is 13.7. The van der Waals surface area contributed by atoms with Gasteiger partial charge in [-0.15, -0.1) is 0 Å². The van der Waals surface area contributed by atoms with E-state index in [4.69, 9.17) is 5.73 Å². The van der Waals surface area contributed by atoms with Crippen LogP contribution < -0.4 is 43.0 Å². The van der Waals surface area contributed by atoms with Crippen LogP contribution in [0.1, 0.15) is 58.6 Å². The predicted molar refractivity (Wildman–Crippen MR) is 231 cm³/mol. The Balaban J connectivity index is 1.74. The number of hydrogen-bond donors (Lipinski definition) is 12. The number of carboxylic acid groups (broad SMARTS) is 1. The van der Waals surface area contributed by atoms with Crippen LogP contribution in [0, 0.1) is 11.8 Å². The number of para-hydroxylation sites is 1. The van der Waals surface area contributed by atoms with E-state index in [0.29, 0.717) is 11.1 Å². The highest BCUT2D eigenvalue weighted by Crippen LogP contribution is 2.20. The molecule has 344 valence electrons. The van der Waals surface area contributed by atoms with E-state index in [1.165, 1.54) is 6.92 Å². The predicted octanol–water partition coefficient (Wildman–Crippen LogP) is -1.51. The van der Waals surface area contributed by atoms with Gasteiger partial charge in [0.15, 0.2) is 0 Å². The fourth-order valence-electron chi connectivity index (χ4n) is 6.50. The van der Waals surface area contributed by atoms with Gasteiger partial charge in [0, 0.05) is 29.9 Å². The summed E-state index contributed by atoms with van der Waals surface area (Å²) in [5, 5.41) is 47.8. The number of nitrogens with one attached hydrogen (secondary N) is 8. The number of H-pyrrole nitrogens is 1. The zero-order valence-electron chi connectivity index (χ0n) is 36.1. The highest BCUT2D eigenvalue weighted by atomic mass is 16.4. The van der Waals surface area contributed by atoms with Crippen molar-refractivity contribution in [1.82, 2.24) is 42.2 Å². The number of fused-ring (bicyclic) bond motifs is 1. The first kappa shape index (κ1) is 51.0. The molecule has 7 amide bonds. The van der Waals surface area contributed by atoms with Crippen molar-refractivity contribution in [2.45, 2.75) is 103 Å². The van der Waals surface area contributed by atoms with Crippen LogP contribution in [0.3, 0.4) is 0 Å². The van der Waals surface area contributed by atoms with Gasteiger partial charge in [0.05, 0.1) is 25.8 Å². The fourth-order valence-corrected chi connectivity index (χ4v) is 6.50. The molecular weight excluding hydrogens is 819 g/mol. The fraction of sp³-hybridized carbons (Fsp3) is 0.488. The van der Waals surface area contributed by atoms with Crippen molar-refractivity contribution in [3.05, 3.63) is 71.9 Å². The van der Waals surface area contributed by atoms with Crippen LogP contribution in [0.4, 0.5) is 0 Å². The first-order valence-corrected chi connectivity index (χ1v) is 20.7. The van der Waals surface area contributed by atoms with E-state index in [9.17, 15) is 53.7 Å². The van der Waals surface area contributed by atoms with Crippen molar-refractivity contribution >= 4 is 58.2 Å². The molecule has 0 spiro atoms. The molecule has 3 rings (SSSR count). The van der Waals surface area contributed by atoms with Gasteiger partial charge in [0.1, 0.15) is 36.3 Å². The average Bonchev–Trinajstić information content (AvgIpc) is 3.64. The van der Waals surface area contributed by atoms with Gasteiger partial charge in [-0.05, 0) is 48.8 Å². The lowest BCUT2D eigenvalue weighted by molar-refractivity contribution is -0.142. The topological polar surface area (TPSA) is 323 Å². The molecular formula is C43H61N9O11. The maximum absolute atomic E-state index is 13.7. The quantitative estimate of drug-likeness (QED) is 0.0462. The number of carbonyl (C=O) groups is 8. The number of nitrogens with two attached hydrogens (primary N) is 1. The molecule has 1 aromatic heterocycles. The number of aromatic amines is 1. The molecule has 0 fully saturated rings. The molecule has 13 N–H and O–H groups in total. The number of aromatic nitrogens is 1. The van der Waals surface area contributed by atoms with E-state index in [0.717, 1.165) is 10.9 Å². The number of aliphatic hydroxyl groups is 2. The van der Waals surface area contributed by atoms with Crippen LogP contribution in [0.25, 0.3) is 10.9 Å². The Morgan fingerprint density at radius 2 is 1.05 bits per heavy atom. The van der Waals surface area contributed by atoms with Gasteiger partial charge in [-0.3, -0.25) is 33.6 Å². The molecule has 63 heavy (non-hydrogen) atoms. The minimum atomic E-state index is -1.61. The van der Waals surface area contributed by atoms with Gasteiger partial charge < -0.3 is 63.3 Å². The first-order valence-electron chi connectivity index (χ1n) is 20.7. The molecule has 3 aromatic rings. The standard InChI is InChI=1S/C43H61N9O11/c1-23(2)15-30(47-36(55)20-46-38(57)31(17-26-11-7-6-8-12-26)48-41(60)34(21-53)51-37(56)25(5)44)39(58)52-35(22-54)42(61)49-32(40(59)50-33(43(62)63)16-24(3)4)18-27-19-45-29-14-10-9-13-28(27)29/h6-14,19,23-25,30-35,45,53-54H,15-18,20-22,44H2,1-5H3,(H,46,57)(H,47,55)(H,48,60)(H,49,61)(H,50,59)(H,51,56)(H,52,58)(H,62,63)/t25-,30-,31-,32-,33-,34-,35-/m0/s1. The molecule has 20 heteroatoms. The Hall–Kier alpha value is -6.38. The zero-order chi connectivity index (χ0) is 46.8. The van der Waals surface area contributed by atoms with Gasteiger partial charge in [-0.25, -0.2) is 4.79 Å². The molecule has 0 aliphatic carbocycles. The SMILES string of the molecule is CC(C)C[C@H](NC(=O)[C@H](Cc1c[nH]c2ccccc12)NC(=O)[C@H](CO)NC(=O)[C@H](CC(C)C)NC(=O)CNC(=O)[C@H](Cc1ccccc1)NC(=O)[C@H](CO)NC(=O)[C@H](C)N)C(=O)O. The molecule has 0 unspecified atom stereocenters. The van der Waals surface area contributed by atoms with Crippen LogP contribution in [-0.2, 0) is 51.2 Å². The highest BCUT2D eigenvalue weighted by Gasteiger charge is 2.33. The number of amides is 7. The summed E-state index contributed by atoms with van der Waals surface area (Å²) in [6.45, 7) is 6.15.